The zero-order valence-electron chi connectivity index (χ0n) is 12.0. The van der Waals surface area contributed by atoms with E-state index in [9.17, 15) is 0 Å². The molecule has 18 heavy (non-hydrogen) atoms. The summed E-state index contributed by atoms with van der Waals surface area (Å²) < 4.78 is 0. The quantitative estimate of drug-likeness (QED) is 0.858. The molecule has 1 fully saturated rings. The predicted molar refractivity (Wildman–Crippen MR) is 79.4 cm³/mol. The van der Waals surface area contributed by atoms with E-state index in [0.29, 0.717) is 5.92 Å². The Morgan fingerprint density at radius 2 is 2.17 bits per heavy atom. The number of anilines is 1. The zero-order chi connectivity index (χ0) is 13.1. The highest BCUT2D eigenvalue weighted by atomic mass is 32.1. The third-order valence-electron chi connectivity index (χ3n) is 3.64. The Bertz CT molecular complexity index is 382. The van der Waals surface area contributed by atoms with Gasteiger partial charge in [-0.05, 0) is 38.6 Å². The molecule has 0 unspecified atom stereocenters. The predicted octanol–water partition coefficient (Wildman–Crippen LogP) is 3.19. The van der Waals surface area contributed by atoms with Crippen LogP contribution < -0.4 is 10.2 Å². The molecule has 0 radical (unpaired) electrons. The van der Waals surface area contributed by atoms with Crippen molar-refractivity contribution in [2.75, 3.05) is 18.5 Å². The Morgan fingerprint density at radius 1 is 1.44 bits per heavy atom. The van der Waals surface area contributed by atoms with E-state index in [4.69, 9.17) is 4.98 Å². The van der Waals surface area contributed by atoms with Crippen LogP contribution in [-0.2, 0) is 6.54 Å². The highest BCUT2D eigenvalue weighted by Crippen LogP contribution is 2.32. The summed E-state index contributed by atoms with van der Waals surface area (Å²) in [4.78, 5) is 8.47. The van der Waals surface area contributed by atoms with Gasteiger partial charge in [0.25, 0.3) is 0 Å². The number of nitrogens with zero attached hydrogens (tertiary/aromatic N) is 2. The lowest BCUT2D eigenvalue weighted by molar-refractivity contribution is 0.401. The minimum absolute atomic E-state index is 0.704. The van der Waals surface area contributed by atoms with Crippen molar-refractivity contribution in [3.05, 3.63) is 10.6 Å². The summed E-state index contributed by atoms with van der Waals surface area (Å²) in [7, 11) is 2.19. The van der Waals surface area contributed by atoms with Crippen molar-refractivity contribution >= 4 is 16.5 Å². The molecule has 1 N–H and O–H groups in total. The van der Waals surface area contributed by atoms with E-state index in [2.05, 4.69) is 38.0 Å². The number of aryl methyl sites for hydroxylation is 1. The first-order valence-corrected chi connectivity index (χ1v) is 7.79. The number of rotatable bonds is 6. The number of nitrogens with one attached hydrogen (secondary N) is 1. The second kappa shape index (κ2) is 6.02. The third-order valence-corrected chi connectivity index (χ3v) is 4.89. The van der Waals surface area contributed by atoms with Crippen molar-refractivity contribution in [2.24, 2.45) is 5.92 Å². The Kier molecular flexibility index (Phi) is 4.62. The smallest absolute Gasteiger partial charge is 0.185 e. The van der Waals surface area contributed by atoms with Gasteiger partial charge >= 0.3 is 0 Å². The summed E-state index contributed by atoms with van der Waals surface area (Å²) in [6.07, 6.45) is 4.04. The molecule has 1 aromatic heterocycles. The minimum Gasteiger partial charge on any atom is -0.348 e. The highest BCUT2D eigenvalue weighted by Gasteiger charge is 2.24. The molecule has 0 aromatic carbocycles. The van der Waals surface area contributed by atoms with Crippen molar-refractivity contribution in [3.8, 4) is 0 Å². The molecular formula is C14H25N3S. The van der Waals surface area contributed by atoms with Gasteiger partial charge in [-0.3, -0.25) is 0 Å². The number of aromatic nitrogens is 1. The summed E-state index contributed by atoms with van der Waals surface area (Å²) in [6.45, 7) is 8.64. The molecule has 4 heteroatoms. The molecule has 1 aliphatic rings. The van der Waals surface area contributed by atoms with E-state index in [-0.39, 0.29) is 0 Å². The van der Waals surface area contributed by atoms with Crippen LogP contribution in [0.3, 0.4) is 0 Å². The first-order valence-electron chi connectivity index (χ1n) is 6.97. The Balaban J connectivity index is 1.93. The molecule has 0 amide bonds. The van der Waals surface area contributed by atoms with E-state index in [0.717, 1.165) is 19.1 Å². The van der Waals surface area contributed by atoms with Gasteiger partial charge in [0.1, 0.15) is 0 Å². The second-order valence-corrected chi connectivity index (χ2v) is 6.79. The van der Waals surface area contributed by atoms with E-state index in [1.807, 2.05) is 11.3 Å². The molecular weight excluding hydrogens is 242 g/mol. The fourth-order valence-corrected chi connectivity index (χ4v) is 3.20. The van der Waals surface area contributed by atoms with Gasteiger partial charge in [0, 0.05) is 24.5 Å². The SMILES string of the molecule is Cc1nc(N(C)C2CCC2)sc1CNCC(C)C. The number of hydrogen-bond acceptors (Lipinski definition) is 4. The van der Waals surface area contributed by atoms with E-state index in [1.54, 1.807) is 0 Å². The van der Waals surface area contributed by atoms with Crippen LogP contribution in [0.5, 0.6) is 0 Å². The monoisotopic (exact) mass is 267 g/mol. The first kappa shape index (κ1) is 13.8. The van der Waals surface area contributed by atoms with E-state index >= 15 is 0 Å². The summed E-state index contributed by atoms with van der Waals surface area (Å²) in [5.41, 5.74) is 1.19. The minimum atomic E-state index is 0.704. The second-order valence-electron chi connectivity index (χ2n) is 5.73. The van der Waals surface area contributed by atoms with Crippen LogP contribution in [0.1, 0.15) is 43.7 Å². The van der Waals surface area contributed by atoms with Crippen LogP contribution in [-0.4, -0.2) is 24.6 Å². The van der Waals surface area contributed by atoms with Crippen molar-refractivity contribution in [2.45, 2.75) is 52.6 Å². The van der Waals surface area contributed by atoms with Crippen molar-refractivity contribution < 1.29 is 0 Å². The molecule has 3 nitrogen and oxygen atoms in total. The maximum absolute atomic E-state index is 4.72. The van der Waals surface area contributed by atoms with Crippen molar-refractivity contribution in [1.82, 2.24) is 10.3 Å². The molecule has 0 atom stereocenters. The summed E-state index contributed by atoms with van der Waals surface area (Å²) in [5, 5.41) is 4.70. The van der Waals surface area contributed by atoms with Gasteiger partial charge in [0.2, 0.25) is 0 Å². The van der Waals surface area contributed by atoms with Gasteiger partial charge in [0.05, 0.1) is 5.69 Å². The van der Waals surface area contributed by atoms with Crippen LogP contribution in [0.25, 0.3) is 0 Å². The van der Waals surface area contributed by atoms with Crippen molar-refractivity contribution in [1.29, 1.82) is 0 Å². The molecule has 0 saturated heterocycles. The molecule has 0 aliphatic heterocycles. The standard InChI is InChI=1S/C14H25N3S/c1-10(2)8-15-9-13-11(3)16-14(18-13)17(4)12-6-5-7-12/h10,12,15H,5-9H2,1-4H3. The maximum Gasteiger partial charge on any atom is 0.185 e. The molecule has 0 bridgehead atoms. The average molecular weight is 267 g/mol. The fourth-order valence-electron chi connectivity index (χ4n) is 2.13. The average Bonchev–Trinajstić information content (AvgIpc) is 2.57. The van der Waals surface area contributed by atoms with Crippen LogP contribution in [0.2, 0.25) is 0 Å². The van der Waals surface area contributed by atoms with Crippen LogP contribution in [0, 0.1) is 12.8 Å². The Labute approximate surface area is 115 Å². The van der Waals surface area contributed by atoms with Gasteiger partial charge in [-0.15, -0.1) is 11.3 Å². The van der Waals surface area contributed by atoms with Gasteiger partial charge in [-0.25, -0.2) is 4.98 Å². The maximum atomic E-state index is 4.72. The van der Waals surface area contributed by atoms with Crippen LogP contribution >= 0.6 is 11.3 Å². The molecule has 102 valence electrons. The summed E-state index contributed by atoms with van der Waals surface area (Å²) in [6, 6.07) is 0.729. The summed E-state index contributed by atoms with van der Waals surface area (Å²) in [5.74, 6) is 0.704. The molecule has 1 aliphatic carbocycles. The van der Waals surface area contributed by atoms with Crippen LogP contribution in [0.15, 0.2) is 0 Å². The topological polar surface area (TPSA) is 28.2 Å². The van der Waals surface area contributed by atoms with E-state index < -0.39 is 0 Å². The molecule has 0 spiro atoms. The van der Waals surface area contributed by atoms with E-state index in [1.165, 1.54) is 35.0 Å². The fraction of sp³-hybridized carbons (Fsp3) is 0.786. The molecule has 1 aromatic rings. The molecule has 1 heterocycles. The first-order chi connectivity index (χ1) is 8.58. The van der Waals surface area contributed by atoms with Gasteiger partial charge < -0.3 is 10.2 Å². The normalized spacial score (nSPS) is 16.1. The molecule has 2 rings (SSSR count). The summed E-state index contributed by atoms with van der Waals surface area (Å²) >= 11 is 1.85. The Morgan fingerprint density at radius 3 is 2.72 bits per heavy atom. The molecule has 1 saturated carbocycles. The van der Waals surface area contributed by atoms with Gasteiger partial charge in [-0.2, -0.15) is 0 Å². The number of hydrogen-bond donors (Lipinski definition) is 1. The van der Waals surface area contributed by atoms with Gasteiger partial charge in [0.15, 0.2) is 5.13 Å². The number of thiazole rings is 1. The largest absolute Gasteiger partial charge is 0.348 e. The third kappa shape index (κ3) is 3.23. The lowest BCUT2D eigenvalue weighted by atomic mass is 9.92. The van der Waals surface area contributed by atoms with Gasteiger partial charge in [-0.1, -0.05) is 13.8 Å². The highest BCUT2D eigenvalue weighted by molar-refractivity contribution is 7.15. The lowest BCUT2D eigenvalue weighted by Gasteiger charge is -2.34. The lowest BCUT2D eigenvalue weighted by Crippen LogP contribution is -2.36. The van der Waals surface area contributed by atoms with Crippen molar-refractivity contribution in [3.63, 3.8) is 0 Å². The zero-order valence-corrected chi connectivity index (χ0v) is 12.8. The van der Waals surface area contributed by atoms with Crippen LogP contribution in [0.4, 0.5) is 5.13 Å². The Hall–Kier alpha value is -0.610.